The number of benzene rings is 1. The molecule has 1 unspecified atom stereocenters. The summed E-state index contributed by atoms with van der Waals surface area (Å²) in [6.45, 7) is 4.38. The molecule has 0 saturated heterocycles. The molecule has 5 rings (SSSR count). The molecule has 182 valence electrons. The van der Waals surface area contributed by atoms with E-state index in [0.717, 1.165) is 33.0 Å². The molecule has 5 N–H and O–H groups in total. The third kappa shape index (κ3) is 4.43. The van der Waals surface area contributed by atoms with Gasteiger partial charge in [0.05, 0.1) is 41.3 Å². The number of hydrogen-bond acceptors (Lipinski definition) is 10. The summed E-state index contributed by atoms with van der Waals surface area (Å²) in [6.07, 6.45) is 0.0892. The molecular formula is C24H31N5O4S. The highest BCUT2D eigenvalue weighted by atomic mass is 32.1. The van der Waals surface area contributed by atoms with Gasteiger partial charge in [0.2, 0.25) is 5.95 Å². The van der Waals surface area contributed by atoms with Crippen LogP contribution in [0.15, 0.2) is 18.2 Å². The molecule has 3 aromatic rings. The first-order valence-corrected chi connectivity index (χ1v) is 12.5. The number of hydrogen-bond donors (Lipinski definition) is 5. The minimum Gasteiger partial charge on any atom is -0.494 e. The van der Waals surface area contributed by atoms with E-state index in [9.17, 15) is 15.3 Å². The summed E-state index contributed by atoms with van der Waals surface area (Å²) in [5.74, 6) is 2.01. The Balaban J connectivity index is 1.54. The Hall–Kier alpha value is -2.53. The van der Waals surface area contributed by atoms with Crippen molar-refractivity contribution < 1.29 is 20.1 Å². The zero-order valence-electron chi connectivity index (χ0n) is 19.5. The van der Waals surface area contributed by atoms with Crippen LogP contribution in [0.25, 0.3) is 20.8 Å². The Morgan fingerprint density at radius 3 is 2.65 bits per heavy atom. The Kier molecular flexibility index (Phi) is 6.32. The number of nitrogens with zero attached hydrogens (tertiary/aromatic N) is 3. The maximum Gasteiger partial charge on any atom is 0.224 e. The smallest absolute Gasteiger partial charge is 0.224 e. The van der Waals surface area contributed by atoms with E-state index in [2.05, 4.69) is 10.6 Å². The lowest BCUT2D eigenvalue weighted by molar-refractivity contribution is -0.0162. The van der Waals surface area contributed by atoms with Crippen molar-refractivity contribution in [2.45, 2.75) is 57.5 Å². The molecule has 2 heterocycles. The number of para-hydroxylation sites is 1. The monoisotopic (exact) mass is 485 g/mol. The molecule has 2 saturated carbocycles. The van der Waals surface area contributed by atoms with E-state index in [1.165, 1.54) is 24.2 Å². The van der Waals surface area contributed by atoms with Gasteiger partial charge in [-0.2, -0.15) is 4.98 Å². The van der Waals surface area contributed by atoms with E-state index in [-0.39, 0.29) is 0 Å². The lowest BCUT2D eigenvalue weighted by Crippen LogP contribution is -2.36. The summed E-state index contributed by atoms with van der Waals surface area (Å²) in [5, 5.41) is 38.6. The van der Waals surface area contributed by atoms with Gasteiger partial charge in [0.1, 0.15) is 28.2 Å². The fourth-order valence-electron chi connectivity index (χ4n) is 4.63. The van der Waals surface area contributed by atoms with Gasteiger partial charge in [0.15, 0.2) is 0 Å². The average Bonchev–Trinajstić information content (AvgIpc) is 3.48. The third-order valence-electron chi connectivity index (χ3n) is 6.82. The summed E-state index contributed by atoms with van der Waals surface area (Å²) in [6, 6.07) is 5.34. The molecule has 2 aliphatic carbocycles. The maximum atomic E-state index is 10.7. The predicted octanol–water partition coefficient (Wildman–Crippen LogP) is 2.80. The topological polar surface area (TPSA) is 133 Å². The number of anilines is 2. The number of aryl methyl sites for hydroxylation is 1. The van der Waals surface area contributed by atoms with E-state index in [0.29, 0.717) is 29.9 Å². The number of methoxy groups -OCH3 is 1. The number of nitrogens with one attached hydrogen (secondary N) is 2. The molecule has 2 aliphatic rings. The fourth-order valence-corrected chi connectivity index (χ4v) is 5.71. The second-order valence-corrected chi connectivity index (χ2v) is 10.4. The van der Waals surface area contributed by atoms with Gasteiger partial charge in [-0.05, 0) is 51.2 Å². The standard InChI is InChI=1S/C24H31N5O4S/c1-11-18(23-28-19-16(33-3)5-4-6-17(19)34-23)22(29-24(26-11)25-10-13-7-8-13)27-15-9-14(12(2)30)20(31)21(15)32/h4-6,12-15,20-21,30-32H,7-10H2,1-3H3,(H2,25,26,27,29)/t12?,14-,15-,20-,21+/m1/s1. The predicted molar refractivity (Wildman–Crippen MR) is 132 cm³/mol. The summed E-state index contributed by atoms with van der Waals surface area (Å²) in [7, 11) is 1.63. The third-order valence-corrected chi connectivity index (χ3v) is 7.86. The van der Waals surface area contributed by atoms with Gasteiger partial charge in [-0.15, -0.1) is 11.3 Å². The SMILES string of the molecule is COc1cccc2sc(-c3c(C)nc(NCC4CC4)nc3N[C@@H]3C[C@H](C(C)O)[C@@H](O)[C@H]3O)nc12. The van der Waals surface area contributed by atoms with Gasteiger partial charge in [-0.25, -0.2) is 9.97 Å². The molecular weight excluding hydrogens is 454 g/mol. The highest BCUT2D eigenvalue weighted by molar-refractivity contribution is 7.21. The molecule has 5 atom stereocenters. The fraction of sp³-hybridized carbons (Fsp3) is 0.542. The number of rotatable bonds is 8. The van der Waals surface area contributed by atoms with Crippen molar-refractivity contribution >= 4 is 33.3 Å². The van der Waals surface area contributed by atoms with Gasteiger partial charge in [0, 0.05) is 12.5 Å². The number of aliphatic hydroxyl groups excluding tert-OH is 3. The second kappa shape index (κ2) is 9.26. The van der Waals surface area contributed by atoms with Gasteiger partial charge in [-0.1, -0.05) is 6.07 Å². The van der Waals surface area contributed by atoms with E-state index in [4.69, 9.17) is 19.7 Å². The molecule has 2 aromatic heterocycles. The Morgan fingerprint density at radius 1 is 1.18 bits per heavy atom. The van der Waals surface area contributed by atoms with Crippen molar-refractivity contribution in [1.29, 1.82) is 0 Å². The average molecular weight is 486 g/mol. The van der Waals surface area contributed by atoms with E-state index in [1.54, 1.807) is 14.0 Å². The van der Waals surface area contributed by atoms with Gasteiger partial charge >= 0.3 is 0 Å². The minimum absolute atomic E-state index is 0.418. The first-order chi connectivity index (χ1) is 16.4. The number of aromatic nitrogens is 3. The largest absolute Gasteiger partial charge is 0.494 e. The van der Waals surface area contributed by atoms with Crippen LogP contribution in [0.2, 0.25) is 0 Å². The Labute approximate surface area is 202 Å². The zero-order valence-corrected chi connectivity index (χ0v) is 20.3. The number of fused-ring (bicyclic) bond motifs is 1. The molecule has 0 bridgehead atoms. The van der Waals surface area contributed by atoms with Crippen LogP contribution in [-0.4, -0.2) is 68.3 Å². The van der Waals surface area contributed by atoms with Gasteiger partial charge in [-0.3, -0.25) is 0 Å². The summed E-state index contributed by atoms with van der Waals surface area (Å²) in [4.78, 5) is 14.3. The molecule has 0 spiro atoms. The van der Waals surface area contributed by atoms with Crippen LogP contribution in [0.5, 0.6) is 5.75 Å². The van der Waals surface area contributed by atoms with Crippen LogP contribution >= 0.6 is 11.3 Å². The first kappa shape index (κ1) is 23.2. The highest BCUT2D eigenvalue weighted by Gasteiger charge is 2.44. The van der Waals surface area contributed by atoms with Crippen molar-refractivity contribution in [1.82, 2.24) is 15.0 Å². The number of ether oxygens (including phenoxy) is 1. The second-order valence-electron chi connectivity index (χ2n) is 9.38. The van der Waals surface area contributed by atoms with Crippen molar-refractivity contribution in [3.05, 3.63) is 23.9 Å². The minimum atomic E-state index is -1.03. The molecule has 0 aliphatic heterocycles. The van der Waals surface area contributed by atoms with Crippen molar-refractivity contribution in [2.24, 2.45) is 11.8 Å². The van der Waals surface area contributed by atoms with Crippen molar-refractivity contribution in [3.8, 4) is 16.3 Å². The lowest BCUT2D eigenvalue weighted by atomic mass is 10.00. The normalized spacial score (nSPS) is 25.5. The molecule has 34 heavy (non-hydrogen) atoms. The maximum absolute atomic E-state index is 10.7. The summed E-state index contributed by atoms with van der Waals surface area (Å²) in [5.41, 5.74) is 2.29. The van der Waals surface area contributed by atoms with Crippen LogP contribution in [0, 0.1) is 18.8 Å². The van der Waals surface area contributed by atoms with Crippen LogP contribution in [0.4, 0.5) is 11.8 Å². The first-order valence-electron chi connectivity index (χ1n) is 11.7. The van der Waals surface area contributed by atoms with Gasteiger partial charge in [0.25, 0.3) is 0 Å². The molecule has 0 amide bonds. The van der Waals surface area contributed by atoms with Crippen molar-refractivity contribution in [3.63, 3.8) is 0 Å². The molecule has 0 radical (unpaired) electrons. The molecule has 10 heteroatoms. The van der Waals surface area contributed by atoms with Crippen LogP contribution < -0.4 is 15.4 Å². The van der Waals surface area contributed by atoms with Crippen LogP contribution in [0.3, 0.4) is 0 Å². The van der Waals surface area contributed by atoms with E-state index >= 15 is 0 Å². The van der Waals surface area contributed by atoms with Crippen LogP contribution in [-0.2, 0) is 0 Å². The number of aliphatic hydroxyl groups is 3. The summed E-state index contributed by atoms with van der Waals surface area (Å²) < 4.78 is 6.47. The Bertz CT molecular complexity index is 1180. The van der Waals surface area contributed by atoms with E-state index < -0.39 is 30.3 Å². The zero-order chi connectivity index (χ0) is 24.0. The van der Waals surface area contributed by atoms with Crippen molar-refractivity contribution in [2.75, 3.05) is 24.3 Å². The quantitative estimate of drug-likeness (QED) is 0.327. The molecule has 9 nitrogen and oxygen atoms in total. The lowest BCUT2D eigenvalue weighted by Gasteiger charge is -2.21. The van der Waals surface area contributed by atoms with Crippen LogP contribution in [0.1, 0.15) is 31.9 Å². The summed E-state index contributed by atoms with van der Waals surface area (Å²) >= 11 is 1.52. The van der Waals surface area contributed by atoms with Gasteiger partial charge < -0.3 is 30.7 Å². The molecule has 2 fully saturated rings. The van der Waals surface area contributed by atoms with E-state index in [1.807, 2.05) is 25.1 Å². The Morgan fingerprint density at radius 2 is 1.97 bits per heavy atom. The number of thiazole rings is 1. The molecule has 1 aromatic carbocycles. The highest BCUT2D eigenvalue weighted by Crippen LogP contribution is 2.40.